The van der Waals surface area contributed by atoms with E-state index in [-0.39, 0.29) is 17.3 Å². The van der Waals surface area contributed by atoms with Gasteiger partial charge >= 0.3 is 0 Å². The monoisotopic (exact) mass is 334 g/mol. The number of hydrogen-bond acceptors (Lipinski definition) is 4. The highest BCUT2D eigenvalue weighted by Gasteiger charge is 2.33. The molecule has 0 radical (unpaired) electrons. The molecule has 1 aromatic carbocycles. The average molecular weight is 335 g/mol. The summed E-state index contributed by atoms with van der Waals surface area (Å²) in [5, 5.41) is 3.11. The fourth-order valence-electron chi connectivity index (χ4n) is 2.60. The van der Waals surface area contributed by atoms with Gasteiger partial charge in [-0.1, -0.05) is 6.07 Å². The first-order chi connectivity index (χ1) is 9.48. The summed E-state index contributed by atoms with van der Waals surface area (Å²) in [5.74, 6) is 0.790. The molecule has 7 heteroatoms. The first-order valence-electron chi connectivity index (χ1n) is 6.78. The molecule has 1 heterocycles. The molecule has 0 spiro atoms. The van der Waals surface area contributed by atoms with E-state index >= 15 is 0 Å². The molecule has 120 valence electrons. The van der Waals surface area contributed by atoms with Crippen LogP contribution in [0.1, 0.15) is 12.0 Å². The predicted molar refractivity (Wildman–Crippen MR) is 85.8 cm³/mol. The summed E-state index contributed by atoms with van der Waals surface area (Å²) in [6.45, 7) is 3.87. The summed E-state index contributed by atoms with van der Waals surface area (Å²) in [6, 6.07) is 5.24. The van der Waals surface area contributed by atoms with E-state index in [1.807, 2.05) is 20.0 Å². The lowest BCUT2D eigenvalue weighted by Gasteiger charge is -2.18. The molecule has 0 saturated carbocycles. The van der Waals surface area contributed by atoms with Crippen LogP contribution in [0.5, 0.6) is 5.75 Å². The van der Waals surface area contributed by atoms with Crippen LogP contribution < -0.4 is 10.1 Å². The van der Waals surface area contributed by atoms with E-state index < -0.39 is 10.0 Å². The molecule has 1 aromatic rings. The van der Waals surface area contributed by atoms with Crippen LogP contribution in [0.15, 0.2) is 23.1 Å². The Balaban J connectivity index is 0.00000220. The van der Waals surface area contributed by atoms with Crippen molar-refractivity contribution in [3.63, 3.8) is 0 Å². The molecule has 1 fully saturated rings. The Morgan fingerprint density at radius 3 is 2.76 bits per heavy atom. The van der Waals surface area contributed by atoms with Crippen molar-refractivity contribution in [3.05, 3.63) is 23.8 Å². The van der Waals surface area contributed by atoms with Gasteiger partial charge in [-0.05, 0) is 50.6 Å². The molecule has 1 aliphatic heterocycles. The maximum absolute atomic E-state index is 12.7. The van der Waals surface area contributed by atoms with Gasteiger partial charge in [0, 0.05) is 13.1 Å². The van der Waals surface area contributed by atoms with Crippen LogP contribution in [-0.4, -0.2) is 46.5 Å². The molecular weight excluding hydrogens is 312 g/mol. The highest BCUT2D eigenvalue weighted by atomic mass is 35.5. The number of nitrogens with zero attached hydrogens (tertiary/aromatic N) is 1. The molecule has 1 saturated heterocycles. The lowest BCUT2D eigenvalue weighted by molar-refractivity contribution is 0.396. The molecular formula is C14H23ClN2O3S. The fourth-order valence-corrected chi connectivity index (χ4v) is 4.37. The minimum Gasteiger partial charge on any atom is -0.495 e. The molecule has 1 N–H and O–H groups in total. The van der Waals surface area contributed by atoms with Crippen LogP contribution in [0.4, 0.5) is 0 Å². The van der Waals surface area contributed by atoms with Gasteiger partial charge in [-0.25, -0.2) is 8.42 Å². The Bertz CT molecular complexity index is 578. The van der Waals surface area contributed by atoms with Crippen molar-refractivity contribution in [1.82, 2.24) is 9.62 Å². The minimum atomic E-state index is -3.47. The normalized spacial score (nSPS) is 19.3. The van der Waals surface area contributed by atoms with Gasteiger partial charge < -0.3 is 10.1 Å². The number of halogens is 1. The lowest BCUT2D eigenvalue weighted by atomic mass is 10.1. The largest absolute Gasteiger partial charge is 0.495 e. The number of aryl methyl sites for hydroxylation is 1. The van der Waals surface area contributed by atoms with E-state index in [0.29, 0.717) is 24.8 Å². The van der Waals surface area contributed by atoms with Gasteiger partial charge in [-0.2, -0.15) is 4.31 Å². The fraction of sp³-hybridized carbons (Fsp3) is 0.571. The number of sulfonamides is 1. The first-order valence-corrected chi connectivity index (χ1v) is 8.22. The number of nitrogens with one attached hydrogen (secondary N) is 1. The Morgan fingerprint density at radius 2 is 2.14 bits per heavy atom. The van der Waals surface area contributed by atoms with Gasteiger partial charge in [0.1, 0.15) is 10.6 Å². The van der Waals surface area contributed by atoms with E-state index in [9.17, 15) is 8.42 Å². The maximum atomic E-state index is 12.7. The molecule has 0 amide bonds. The number of hydrogen-bond donors (Lipinski definition) is 1. The zero-order valence-electron chi connectivity index (χ0n) is 12.6. The quantitative estimate of drug-likeness (QED) is 0.889. The van der Waals surface area contributed by atoms with Crippen LogP contribution in [0.25, 0.3) is 0 Å². The standard InChI is InChI=1S/C14H22N2O3S.ClH/c1-11-4-5-13(19-3)14(8-11)20(17,18)16-7-6-12(10-16)9-15-2;/h4-5,8,12,15H,6-7,9-10H2,1-3H3;1H. The van der Waals surface area contributed by atoms with Crippen LogP contribution in [0, 0.1) is 12.8 Å². The summed E-state index contributed by atoms with van der Waals surface area (Å²) >= 11 is 0. The summed E-state index contributed by atoms with van der Waals surface area (Å²) in [6.07, 6.45) is 0.897. The zero-order chi connectivity index (χ0) is 14.8. The lowest BCUT2D eigenvalue weighted by Crippen LogP contribution is -2.30. The number of benzene rings is 1. The Hall–Kier alpha value is -0.820. The molecule has 1 unspecified atom stereocenters. The maximum Gasteiger partial charge on any atom is 0.246 e. The van der Waals surface area contributed by atoms with E-state index in [1.165, 1.54) is 7.11 Å². The van der Waals surface area contributed by atoms with E-state index in [1.54, 1.807) is 16.4 Å². The zero-order valence-corrected chi connectivity index (χ0v) is 14.3. The molecule has 0 bridgehead atoms. The molecule has 0 aliphatic carbocycles. The minimum absolute atomic E-state index is 0. The SMILES string of the molecule is CNCC1CCN(S(=O)(=O)c2cc(C)ccc2OC)C1.Cl. The Morgan fingerprint density at radius 1 is 1.43 bits per heavy atom. The van der Waals surface area contributed by atoms with E-state index in [0.717, 1.165) is 18.5 Å². The van der Waals surface area contributed by atoms with Crippen molar-refractivity contribution in [2.24, 2.45) is 5.92 Å². The topological polar surface area (TPSA) is 58.6 Å². The second-order valence-electron chi connectivity index (χ2n) is 5.23. The highest BCUT2D eigenvalue weighted by Crippen LogP contribution is 2.30. The summed E-state index contributed by atoms with van der Waals surface area (Å²) in [7, 11) is -0.0875. The third-order valence-electron chi connectivity index (χ3n) is 3.68. The number of rotatable bonds is 5. The van der Waals surface area contributed by atoms with Crippen molar-refractivity contribution in [2.75, 3.05) is 33.8 Å². The molecule has 21 heavy (non-hydrogen) atoms. The Kier molecular flexibility index (Phi) is 6.46. The average Bonchev–Trinajstić information content (AvgIpc) is 2.88. The van der Waals surface area contributed by atoms with Crippen molar-refractivity contribution in [3.8, 4) is 5.75 Å². The van der Waals surface area contributed by atoms with Crippen molar-refractivity contribution >= 4 is 22.4 Å². The van der Waals surface area contributed by atoms with Crippen LogP contribution in [0.3, 0.4) is 0 Å². The second kappa shape index (κ2) is 7.45. The summed E-state index contributed by atoms with van der Waals surface area (Å²) in [4.78, 5) is 0.269. The first kappa shape index (κ1) is 18.2. The molecule has 5 nitrogen and oxygen atoms in total. The molecule has 2 rings (SSSR count). The molecule has 1 aliphatic rings. The van der Waals surface area contributed by atoms with Gasteiger partial charge in [0.25, 0.3) is 0 Å². The number of ether oxygens (including phenoxy) is 1. The summed E-state index contributed by atoms with van der Waals surface area (Å²) in [5.41, 5.74) is 0.912. The van der Waals surface area contributed by atoms with E-state index in [4.69, 9.17) is 4.74 Å². The van der Waals surface area contributed by atoms with Gasteiger partial charge in [-0.15, -0.1) is 12.4 Å². The van der Waals surface area contributed by atoms with Crippen molar-refractivity contribution in [1.29, 1.82) is 0 Å². The smallest absolute Gasteiger partial charge is 0.246 e. The van der Waals surface area contributed by atoms with E-state index in [2.05, 4.69) is 5.32 Å². The summed E-state index contributed by atoms with van der Waals surface area (Å²) < 4.78 is 32.2. The van der Waals surface area contributed by atoms with Gasteiger partial charge in [-0.3, -0.25) is 0 Å². The Labute approximate surface area is 133 Å². The van der Waals surface area contributed by atoms with Gasteiger partial charge in [0.15, 0.2) is 0 Å². The second-order valence-corrected chi connectivity index (χ2v) is 7.14. The highest BCUT2D eigenvalue weighted by molar-refractivity contribution is 7.89. The van der Waals surface area contributed by atoms with Crippen molar-refractivity contribution < 1.29 is 13.2 Å². The predicted octanol–water partition coefficient (Wildman–Crippen LogP) is 1.66. The van der Waals surface area contributed by atoms with Crippen LogP contribution >= 0.6 is 12.4 Å². The van der Waals surface area contributed by atoms with Gasteiger partial charge in [0.2, 0.25) is 10.0 Å². The van der Waals surface area contributed by atoms with Gasteiger partial charge in [0.05, 0.1) is 7.11 Å². The number of methoxy groups -OCH3 is 1. The third kappa shape index (κ3) is 3.88. The van der Waals surface area contributed by atoms with Crippen molar-refractivity contribution in [2.45, 2.75) is 18.2 Å². The van der Waals surface area contributed by atoms with Crippen LogP contribution in [-0.2, 0) is 10.0 Å². The molecule has 1 atom stereocenters. The molecule has 0 aromatic heterocycles. The third-order valence-corrected chi connectivity index (χ3v) is 5.56. The van der Waals surface area contributed by atoms with Crippen LogP contribution in [0.2, 0.25) is 0 Å².